The maximum atomic E-state index is 8.97. The van der Waals surface area contributed by atoms with Gasteiger partial charge >= 0.3 is 0 Å². The lowest BCUT2D eigenvalue weighted by molar-refractivity contribution is 0.292. The second-order valence-electron chi connectivity index (χ2n) is 6.62. The zero-order chi connectivity index (χ0) is 18.0. The minimum atomic E-state index is 0.149. The van der Waals surface area contributed by atoms with E-state index < -0.39 is 0 Å². The number of hydrogen-bond donors (Lipinski definition) is 4. The molecule has 3 rings (SSSR count). The Morgan fingerprint density at radius 2 is 2.04 bits per heavy atom. The second-order valence-corrected chi connectivity index (χ2v) is 6.62. The van der Waals surface area contributed by atoms with Gasteiger partial charge in [0.05, 0.1) is 5.69 Å². The molecule has 3 heterocycles. The molecular formula is C19H28N6O. The summed E-state index contributed by atoms with van der Waals surface area (Å²) in [5.74, 6) is 2.17. The van der Waals surface area contributed by atoms with Crippen molar-refractivity contribution >= 4 is 11.8 Å². The summed E-state index contributed by atoms with van der Waals surface area (Å²) in [4.78, 5) is 13.3. The molecule has 0 bridgehead atoms. The van der Waals surface area contributed by atoms with E-state index >= 15 is 0 Å². The summed E-state index contributed by atoms with van der Waals surface area (Å²) in [5.41, 5.74) is 1.80. The average molecular weight is 356 g/mol. The molecule has 1 aliphatic heterocycles. The number of nitrogens with zero attached hydrogens (tertiary/aromatic N) is 3. The van der Waals surface area contributed by atoms with Crippen LogP contribution >= 0.6 is 0 Å². The highest BCUT2D eigenvalue weighted by atomic mass is 16.3. The lowest BCUT2D eigenvalue weighted by Crippen LogP contribution is -2.28. The minimum absolute atomic E-state index is 0.149. The van der Waals surface area contributed by atoms with E-state index in [0.717, 1.165) is 49.0 Å². The first-order chi connectivity index (χ1) is 12.8. The van der Waals surface area contributed by atoms with Crippen LogP contribution in [0.15, 0.2) is 30.6 Å². The Morgan fingerprint density at radius 3 is 2.81 bits per heavy atom. The molecule has 1 saturated heterocycles. The van der Waals surface area contributed by atoms with Gasteiger partial charge in [0.1, 0.15) is 5.82 Å². The van der Waals surface area contributed by atoms with Gasteiger partial charge in [-0.3, -0.25) is 4.98 Å². The van der Waals surface area contributed by atoms with Gasteiger partial charge < -0.3 is 21.1 Å². The van der Waals surface area contributed by atoms with Crippen molar-refractivity contribution in [2.45, 2.75) is 25.7 Å². The number of aliphatic hydroxyl groups is 1. The van der Waals surface area contributed by atoms with E-state index in [4.69, 9.17) is 5.11 Å². The molecule has 1 aliphatic rings. The standard InChI is InChI=1S/C19H28N6O/c26-12-2-8-23-19-24-17(16-3-1-7-21-14-16)13-18(25-19)22-11-6-15-4-9-20-10-5-15/h1,3,7,13-15,20,26H,2,4-6,8-12H2,(H2,22,23,24,25). The summed E-state index contributed by atoms with van der Waals surface area (Å²) in [6.45, 7) is 3.95. The Labute approximate surface area is 154 Å². The van der Waals surface area contributed by atoms with Crippen LogP contribution in [0.5, 0.6) is 0 Å². The topological polar surface area (TPSA) is 95.0 Å². The van der Waals surface area contributed by atoms with E-state index in [1.165, 1.54) is 12.8 Å². The largest absolute Gasteiger partial charge is 0.396 e. The van der Waals surface area contributed by atoms with Crippen LogP contribution < -0.4 is 16.0 Å². The molecule has 0 amide bonds. The van der Waals surface area contributed by atoms with Gasteiger partial charge in [-0.15, -0.1) is 0 Å². The van der Waals surface area contributed by atoms with Crippen molar-refractivity contribution in [3.63, 3.8) is 0 Å². The summed E-state index contributed by atoms with van der Waals surface area (Å²) >= 11 is 0. The predicted octanol–water partition coefficient (Wildman–Crippen LogP) is 2.13. The number of nitrogens with one attached hydrogen (secondary N) is 3. The van der Waals surface area contributed by atoms with E-state index in [1.54, 1.807) is 12.4 Å². The number of aromatic nitrogens is 3. The molecule has 0 saturated carbocycles. The van der Waals surface area contributed by atoms with E-state index in [-0.39, 0.29) is 6.61 Å². The molecule has 1 fully saturated rings. The second kappa shape index (κ2) is 10.0. The number of hydrogen-bond acceptors (Lipinski definition) is 7. The molecule has 0 radical (unpaired) electrons. The van der Waals surface area contributed by atoms with Gasteiger partial charge in [-0.25, -0.2) is 4.98 Å². The van der Waals surface area contributed by atoms with Crippen LogP contribution in [-0.2, 0) is 0 Å². The fourth-order valence-electron chi connectivity index (χ4n) is 3.13. The number of pyridine rings is 1. The zero-order valence-electron chi connectivity index (χ0n) is 15.1. The van der Waals surface area contributed by atoms with Crippen LogP contribution in [0, 0.1) is 5.92 Å². The normalized spacial score (nSPS) is 15.0. The van der Waals surface area contributed by atoms with Crippen molar-refractivity contribution in [3.05, 3.63) is 30.6 Å². The van der Waals surface area contributed by atoms with Crippen LogP contribution in [0.3, 0.4) is 0 Å². The molecule has 0 unspecified atom stereocenters. The highest BCUT2D eigenvalue weighted by Crippen LogP contribution is 2.21. The first-order valence-corrected chi connectivity index (χ1v) is 9.44. The van der Waals surface area contributed by atoms with Crippen LogP contribution in [0.1, 0.15) is 25.7 Å². The van der Waals surface area contributed by atoms with Crippen LogP contribution in [-0.4, -0.2) is 52.8 Å². The van der Waals surface area contributed by atoms with E-state index in [2.05, 4.69) is 30.9 Å². The lowest BCUT2D eigenvalue weighted by Gasteiger charge is -2.22. The van der Waals surface area contributed by atoms with Gasteiger partial charge in [0.2, 0.25) is 5.95 Å². The molecule has 0 aliphatic carbocycles. The average Bonchev–Trinajstić information content (AvgIpc) is 2.70. The Morgan fingerprint density at radius 1 is 1.15 bits per heavy atom. The Kier molecular flexibility index (Phi) is 7.15. The fraction of sp³-hybridized carbons (Fsp3) is 0.526. The molecule has 0 aromatic carbocycles. The van der Waals surface area contributed by atoms with Crippen molar-refractivity contribution in [1.29, 1.82) is 0 Å². The molecular weight excluding hydrogens is 328 g/mol. The van der Waals surface area contributed by atoms with E-state index in [0.29, 0.717) is 18.9 Å². The lowest BCUT2D eigenvalue weighted by atomic mass is 9.95. The fourth-order valence-corrected chi connectivity index (χ4v) is 3.13. The maximum absolute atomic E-state index is 8.97. The third-order valence-electron chi connectivity index (χ3n) is 4.62. The molecule has 2 aromatic heterocycles. The predicted molar refractivity (Wildman–Crippen MR) is 104 cm³/mol. The number of rotatable bonds is 9. The van der Waals surface area contributed by atoms with Gasteiger partial charge in [-0.2, -0.15) is 4.98 Å². The first-order valence-electron chi connectivity index (χ1n) is 9.44. The summed E-state index contributed by atoms with van der Waals surface area (Å²) in [6, 6.07) is 5.86. The summed E-state index contributed by atoms with van der Waals surface area (Å²) in [6.07, 6.45) is 7.88. The zero-order valence-corrected chi connectivity index (χ0v) is 15.1. The smallest absolute Gasteiger partial charge is 0.225 e. The summed E-state index contributed by atoms with van der Waals surface area (Å²) < 4.78 is 0. The SMILES string of the molecule is OCCCNc1nc(NCCC2CCNCC2)cc(-c2cccnc2)n1. The molecule has 7 nitrogen and oxygen atoms in total. The quantitative estimate of drug-likeness (QED) is 0.511. The summed E-state index contributed by atoms with van der Waals surface area (Å²) in [7, 11) is 0. The first kappa shape index (κ1) is 18.5. The van der Waals surface area contributed by atoms with Crippen LogP contribution in [0.4, 0.5) is 11.8 Å². The molecule has 2 aromatic rings. The number of anilines is 2. The maximum Gasteiger partial charge on any atom is 0.225 e. The van der Waals surface area contributed by atoms with Gasteiger partial charge in [0, 0.05) is 43.7 Å². The van der Waals surface area contributed by atoms with Crippen molar-refractivity contribution in [2.24, 2.45) is 5.92 Å². The van der Waals surface area contributed by atoms with Gasteiger partial charge in [-0.05, 0) is 56.8 Å². The molecule has 0 spiro atoms. The Balaban J connectivity index is 1.67. The third kappa shape index (κ3) is 5.64. The van der Waals surface area contributed by atoms with Crippen molar-refractivity contribution < 1.29 is 5.11 Å². The van der Waals surface area contributed by atoms with Crippen molar-refractivity contribution in [2.75, 3.05) is 43.4 Å². The highest BCUT2D eigenvalue weighted by Gasteiger charge is 2.13. The van der Waals surface area contributed by atoms with Gasteiger partial charge in [0.15, 0.2) is 0 Å². The van der Waals surface area contributed by atoms with E-state index in [1.807, 2.05) is 18.2 Å². The van der Waals surface area contributed by atoms with Crippen molar-refractivity contribution in [3.8, 4) is 11.3 Å². The molecule has 0 atom stereocenters. The molecule has 4 N–H and O–H groups in total. The van der Waals surface area contributed by atoms with Crippen LogP contribution in [0.25, 0.3) is 11.3 Å². The van der Waals surface area contributed by atoms with Gasteiger partial charge in [0.25, 0.3) is 0 Å². The summed E-state index contributed by atoms with van der Waals surface area (Å²) in [5, 5.41) is 19.0. The Bertz CT molecular complexity index is 660. The highest BCUT2D eigenvalue weighted by molar-refractivity contribution is 5.63. The third-order valence-corrected chi connectivity index (χ3v) is 4.62. The number of aliphatic hydroxyl groups excluding tert-OH is 1. The number of piperidine rings is 1. The Hall–Kier alpha value is -2.25. The van der Waals surface area contributed by atoms with Crippen LogP contribution in [0.2, 0.25) is 0 Å². The molecule has 140 valence electrons. The van der Waals surface area contributed by atoms with Crippen molar-refractivity contribution in [1.82, 2.24) is 20.3 Å². The molecule has 7 heteroatoms. The monoisotopic (exact) mass is 356 g/mol. The molecule has 26 heavy (non-hydrogen) atoms. The minimum Gasteiger partial charge on any atom is -0.396 e. The van der Waals surface area contributed by atoms with E-state index in [9.17, 15) is 0 Å². The van der Waals surface area contributed by atoms with Gasteiger partial charge in [-0.1, -0.05) is 0 Å².